The van der Waals surface area contributed by atoms with E-state index in [0.717, 1.165) is 29.5 Å². The molecule has 1 N–H and O–H groups in total. The normalized spacial score (nSPS) is 10.2. The van der Waals surface area contributed by atoms with E-state index >= 15 is 0 Å². The lowest BCUT2D eigenvalue weighted by Crippen LogP contribution is -1.93. The number of aromatic hydroxyl groups is 1. The number of hydrogen-bond donors (Lipinski definition) is 1. The summed E-state index contributed by atoms with van der Waals surface area (Å²) >= 11 is 0. The van der Waals surface area contributed by atoms with Crippen LogP contribution in [0.2, 0.25) is 0 Å². The van der Waals surface area contributed by atoms with Gasteiger partial charge < -0.3 is 5.11 Å². The highest BCUT2D eigenvalue weighted by atomic mass is 16.3. The van der Waals surface area contributed by atoms with Crippen molar-refractivity contribution >= 4 is 5.69 Å². The largest absolute Gasteiger partial charge is 0.506 e. The summed E-state index contributed by atoms with van der Waals surface area (Å²) in [4.78, 5) is 10.5. The van der Waals surface area contributed by atoms with Crippen molar-refractivity contribution in [1.82, 2.24) is 0 Å². The zero-order chi connectivity index (χ0) is 10.7. The summed E-state index contributed by atoms with van der Waals surface area (Å²) < 4.78 is 0. The first-order valence-corrected chi connectivity index (χ1v) is 4.77. The van der Waals surface area contributed by atoms with Crippen LogP contribution in [0, 0.1) is 18.8 Å². The van der Waals surface area contributed by atoms with Gasteiger partial charge >= 0.3 is 0 Å². The van der Waals surface area contributed by atoms with Crippen molar-refractivity contribution in [2.75, 3.05) is 0 Å². The lowest BCUT2D eigenvalue weighted by molar-refractivity contribution is 0.475. The summed E-state index contributed by atoms with van der Waals surface area (Å²) in [5.74, 6) is -0.0187. The van der Waals surface area contributed by atoms with E-state index in [-0.39, 0.29) is 11.4 Å². The summed E-state index contributed by atoms with van der Waals surface area (Å²) in [6.45, 7) is 5.85. The van der Waals surface area contributed by atoms with Gasteiger partial charge in [0.25, 0.3) is 0 Å². The molecule has 3 nitrogen and oxygen atoms in total. The Bertz CT molecular complexity index is 359. The van der Waals surface area contributed by atoms with Crippen molar-refractivity contribution in [2.24, 2.45) is 5.18 Å². The number of benzene rings is 1. The molecule has 0 aliphatic carbocycles. The van der Waals surface area contributed by atoms with Crippen molar-refractivity contribution in [3.8, 4) is 5.75 Å². The fourth-order valence-electron chi connectivity index (χ4n) is 1.74. The van der Waals surface area contributed by atoms with E-state index in [1.165, 1.54) is 0 Å². The molecule has 76 valence electrons. The minimum atomic E-state index is -0.0187. The molecule has 1 aromatic carbocycles. The van der Waals surface area contributed by atoms with Gasteiger partial charge in [0.05, 0.1) is 0 Å². The van der Waals surface area contributed by atoms with Crippen molar-refractivity contribution in [3.05, 3.63) is 27.7 Å². The highest BCUT2D eigenvalue weighted by Crippen LogP contribution is 2.34. The molecule has 0 fully saturated rings. The van der Waals surface area contributed by atoms with Crippen molar-refractivity contribution in [2.45, 2.75) is 33.6 Å². The molecular weight excluding hydrogens is 178 g/mol. The third-order valence-corrected chi connectivity index (χ3v) is 2.47. The third kappa shape index (κ3) is 1.76. The van der Waals surface area contributed by atoms with E-state index in [4.69, 9.17) is 0 Å². The maximum Gasteiger partial charge on any atom is 0.152 e. The number of phenolic OH excluding ortho intramolecular Hbond substituents is 1. The molecule has 0 atom stereocenters. The first-order valence-electron chi connectivity index (χ1n) is 4.77. The first-order chi connectivity index (χ1) is 6.61. The molecule has 0 unspecified atom stereocenters. The van der Waals surface area contributed by atoms with Gasteiger partial charge in [-0.15, -0.1) is 4.91 Å². The van der Waals surface area contributed by atoms with Gasteiger partial charge in [0.15, 0.2) is 5.69 Å². The summed E-state index contributed by atoms with van der Waals surface area (Å²) in [7, 11) is 0. The van der Waals surface area contributed by atoms with Gasteiger partial charge in [0.1, 0.15) is 5.75 Å². The van der Waals surface area contributed by atoms with Gasteiger partial charge in [-0.3, -0.25) is 0 Å². The van der Waals surface area contributed by atoms with Crippen molar-refractivity contribution < 1.29 is 5.11 Å². The number of phenols is 1. The second kappa shape index (κ2) is 4.22. The Kier molecular flexibility index (Phi) is 3.23. The average Bonchev–Trinajstić information content (AvgIpc) is 2.12. The van der Waals surface area contributed by atoms with Crippen LogP contribution in [0.3, 0.4) is 0 Å². The van der Waals surface area contributed by atoms with Crippen LogP contribution >= 0.6 is 0 Å². The van der Waals surface area contributed by atoms with Gasteiger partial charge in [0.2, 0.25) is 0 Å². The van der Waals surface area contributed by atoms with E-state index in [9.17, 15) is 10.0 Å². The van der Waals surface area contributed by atoms with Gasteiger partial charge in [-0.1, -0.05) is 13.3 Å². The van der Waals surface area contributed by atoms with Crippen LogP contribution in [0.25, 0.3) is 0 Å². The maximum absolute atomic E-state index is 10.5. The molecule has 3 heteroatoms. The van der Waals surface area contributed by atoms with E-state index < -0.39 is 0 Å². The van der Waals surface area contributed by atoms with E-state index in [0.29, 0.717) is 0 Å². The van der Waals surface area contributed by atoms with Crippen LogP contribution in [0.15, 0.2) is 11.2 Å². The maximum atomic E-state index is 10.5. The van der Waals surface area contributed by atoms with Crippen LogP contribution in [-0.2, 0) is 6.42 Å². The van der Waals surface area contributed by atoms with E-state index in [2.05, 4.69) is 12.1 Å². The molecule has 0 heterocycles. The van der Waals surface area contributed by atoms with Crippen LogP contribution < -0.4 is 0 Å². The smallest absolute Gasteiger partial charge is 0.152 e. The van der Waals surface area contributed by atoms with Crippen LogP contribution in [-0.4, -0.2) is 5.11 Å². The molecule has 1 rings (SSSR count). The molecule has 0 radical (unpaired) electrons. The summed E-state index contributed by atoms with van der Waals surface area (Å²) in [6, 6.07) is 1.61. The third-order valence-electron chi connectivity index (χ3n) is 2.47. The Hall–Kier alpha value is -1.38. The quantitative estimate of drug-likeness (QED) is 0.748. The SMILES string of the molecule is CCCc1c(C)cc(O)c(N=O)c1C. The van der Waals surface area contributed by atoms with Gasteiger partial charge in [0, 0.05) is 0 Å². The monoisotopic (exact) mass is 193 g/mol. The standard InChI is InChI=1S/C11H15NO2/c1-4-5-9-7(2)6-10(13)11(12-14)8(9)3/h6,13H,4-5H2,1-3H3. The highest BCUT2D eigenvalue weighted by Gasteiger charge is 2.12. The second-order valence-electron chi connectivity index (χ2n) is 3.51. The second-order valence-corrected chi connectivity index (χ2v) is 3.51. The Morgan fingerprint density at radius 2 is 2.07 bits per heavy atom. The molecule has 0 bridgehead atoms. The summed E-state index contributed by atoms with van der Waals surface area (Å²) in [6.07, 6.45) is 1.94. The van der Waals surface area contributed by atoms with Gasteiger partial charge in [-0.2, -0.15) is 0 Å². The molecule has 0 saturated heterocycles. The zero-order valence-electron chi connectivity index (χ0n) is 8.79. The molecule has 0 aromatic heterocycles. The highest BCUT2D eigenvalue weighted by molar-refractivity contribution is 5.61. The summed E-state index contributed by atoms with van der Waals surface area (Å²) in [5, 5.41) is 12.3. The van der Waals surface area contributed by atoms with Crippen LogP contribution in [0.5, 0.6) is 5.75 Å². The summed E-state index contributed by atoms with van der Waals surface area (Å²) in [5.41, 5.74) is 3.13. The topological polar surface area (TPSA) is 49.7 Å². The van der Waals surface area contributed by atoms with Crippen molar-refractivity contribution in [3.63, 3.8) is 0 Å². The van der Waals surface area contributed by atoms with E-state index in [1.807, 2.05) is 13.8 Å². The molecule has 0 aliphatic rings. The Labute approximate surface area is 83.7 Å². The predicted molar refractivity (Wildman–Crippen MR) is 57.0 cm³/mol. The fourth-order valence-corrected chi connectivity index (χ4v) is 1.74. The number of aryl methyl sites for hydroxylation is 1. The Balaban J connectivity index is 3.35. The van der Waals surface area contributed by atoms with Crippen molar-refractivity contribution in [1.29, 1.82) is 0 Å². The molecule has 0 spiro atoms. The minimum Gasteiger partial charge on any atom is -0.506 e. The van der Waals surface area contributed by atoms with Crippen LogP contribution in [0.4, 0.5) is 5.69 Å². The lowest BCUT2D eigenvalue weighted by atomic mass is 9.97. The average molecular weight is 193 g/mol. The lowest BCUT2D eigenvalue weighted by Gasteiger charge is -2.11. The zero-order valence-corrected chi connectivity index (χ0v) is 8.79. The predicted octanol–water partition coefficient (Wildman–Crippen LogP) is 3.36. The number of nitroso groups, excluding NO2 is 1. The number of nitrogens with zero attached hydrogens (tertiary/aromatic N) is 1. The number of rotatable bonds is 3. The Morgan fingerprint density at radius 1 is 1.43 bits per heavy atom. The molecular formula is C11H15NO2. The molecule has 0 aliphatic heterocycles. The minimum absolute atomic E-state index is 0.0187. The first kappa shape index (κ1) is 10.7. The number of hydrogen-bond acceptors (Lipinski definition) is 3. The molecule has 1 aromatic rings. The Morgan fingerprint density at radius 3 is 2.57 bits per heavy atom. The molecule has 14 heavy (non-hydrogen) atoms. The van der Waals surface area contributed by atoms with E-state index in [1.54, 1.807) is 6.07 Å². The molecule has 0 saturated carbocycles. The van der Waals surface area contributed by atoms with Gasteiger partial charge in [-0.25, -0.2) is 0 Å². The molecule has 0 amide bonds. The fraction of sp³-hybridized carbons (Fsp3) is 0.455. The van der Waals surface area contributed by atoms with Gasteiger partial charge in [-0.05, 0) is 48.2 Å². The van der Waals surface area contributed by atoms with Crippen LogP contribution in [0.1, 0.15) is 30.0 Å².